The molecule has 0 saturated heterocycles. The molecule has 2 amide bonds. The van der Waals surface area contributed by atoms with Crippen molar-refractivity contribution in [2.45, 2.75) is 0 Å². The maximum atomic E-state index is 12.9. The minimum atomic E-state index is -0.825. The van der Waals surface area contributed by atoms with E-state index in [2.05, 4.69) is 0 Å². The van der Waals surface area contributed by atoms with E-state index in [1.165, 1.54) is 30.3 Å². The van der Waals surface area contributed by atoms with Crippen LogP contribution in [-0.4, -0.2) is 22.0 Å². The number of benzene rings is 3. The van der Waals surface area contributed by atoms with Crippen molar-refractivity contribution in [3.05, 3.63) is 61.5 Å². The second-order valence-electron chi connectivity index (χ2n) is 5.83. The molecular formula is C18H7Cl4NO4. The van der Waals surface area contributed by atoms with E-state index in [-0.39, 0.29) is 47.7 Å². The third-order valence-corrected chi connectivity index (χ3v) is 5.39. The van der Waals surface area contributed by atoms with Gasteiger partial charge in [0.1, 0.15) is 11.5 Å². The summed E-state index contributed by atoms with van der Waals surface area (Å²) in [6.45, 7) is 0. The van der Waals surface area contributed by atoms with Crippen LogP contribution >= 0.6 is 46.4 Å². The van der Waals surface area contributed by atoms with Crippen LogP contribution < -0.4 is 4.90 Å². The Morgan fingerprint density at radius 1 is 0.667 bits per heavy atom. The second kappa shape index (κ2) is 6.17. The Bertz CT molecular complexity index is 1110. The molecular weight excluding hydrogens is 436 g/mol. The monoisotopic (exact) mass is 441 g/mol. The van der Waals surface area contributed by atoms with Gasteiger partial charge in [0.05, 0.1) is 26.9 Å². The van der Waals surface area contributed by atoms with E-state index in [1.807, 2.05) is 0 Å². The average molecular weight is 443 g/mol. The van der Waals surface area contributed by atoms with Crippen LogP contribution in [0.5, 0.6) is 11.5 Å². The number of rotatable bonds is 1. The van der Waals surface area contributed by atoms with E-state index >= 15 is 0 Å². The van der Waals surface area contributed by atoms with Gasteiger partial charge in [-0.15, -0.1) is 0 Å². The maximum absolute atomic E-state index is 12.9. The number of nitrogens with zero attached hydrogens (tertiary/aromatic N) is 1. The summed E-state index contributed by atoms with van der Waals surface area (Å²) in [4.78, 5) is 26.6. The van der Waals surface area contributed by atoms with Crippen molar-refractivity contribution in [3.63, 3.8) is 0 Å². The number of imide groups is 1. The van der Waals surface area contributed by atoms with Crippen molar-refractivity contribution in [3.8, 4) is 11.5 Å². The van der Waals surface area contributed by atoms with Crippen LogP contribution in [0, 0.1) is 0 Å². The van der Waals surface area contributed by atoms with Gasteiger partial charge in [-0.3, -0.25) is 9.59 Å². The number of carbonyl (C=O) groups excluding carboxylic acids is 2. The molecule has 136 valence electrons. The summed E-state index contributed by atoms with van der Waals surface area (Å²) < 4.78 is 0. The van der Waals surface area contributed by atoms with Gasteiger partial charge >= 0.3 is 0 Å². The molecule has 0 aromatic heterocycles. The fourth-order valence-electron chi connectivity index (χ4n) is 3.08. The van der Waals surface area contributed by atoms with Crippen LogP contribution in [0.25, 0.3) is 10.8 Å². The predicted octanol–water partition coefficient (Wildman–Crippen LogP) is 5.67. The Morgan fingerprint density at radius 2 is 1.07 bits per heavy atom. The standard InChI is InChI=1S/C18H7Cl4NO4/c19-6-1-7(20)3-8(2-6)23-17(26)13-14(18(23)27)16(25)10-5-12(22)11(21)4-9(10)15(13)24/h1-5,24-25H. The van der Waals surface area contributed by atoms with Crippen LogP contribution in [0.2, 0.25) is 20.1 Å². The summed E-state index contributed by atoms with van der Waals surface area (Å²) in [5, 5.41) is 22.1. The summed E-state index contributed by atoms with van der Waals surface area (Å²) in [5.74, 6) is -2.61. The number of fused-ring (bicyclic) bond motifs is 2. The lowest BCUT2D eigenvalue weighted by molar-refractivity contribution is 0.0925. The van der Waals surface area contributed by atoms with Crippen LogP contribution in [0.3, 0.4) is 0 Å². The molecule has 0 unspecified atom stereocenters. The van der Waals surface area contributed by atoms with E-state index in [1.54, 1.807) is 0 Å². The number of halogens is 4. The smallest absolute Gasteiger partial charge is 0.270 e. The fraction of sp³-hybridized carbons (Fsp3) is 0. The zero-order chi connectivity index (χ0) is 19.6. The zero-order valence-electron chi connectivity index (χ0n) is 13.1. The van der Waals surface area contributed by atoms with Crippen LogP contribution in [0.15, 0.2) is 30.3 Å². The van der Waals surface area contributed by atoms with Crippen LogP contribution in [-0.2, 0) is 0 Å². The van der Waals surface area contributed by atoms with Gasteiger partial charge < -0.3 is 10.2 Å². The molecule has 0 aliphatic carbocycles. The summed E-state index contributed by atoms with van der Waals surface area (Å²) in [6.07, 6.45) is 0. The normalized spacial score (nSPS) is 13.6. The highest BCUT2D eigenvalue weighted by molar-refractivity contribution is 6.44. The number of carbonyl (C=O) groups is 2. The Labute approximate surface area is 172 Å². The molecule has 0 bridgehead atoms. The molecule has 3 aromatic carbocycles. The number of anilines is 1. The first-order valence-corrected chi connectivity index (χ1v) is 8.93. The molecule has 1 aliphatic rings. The number of phenols is 2. The molecule has 2 N–H and O–H groups in total. The first-order chi connectivity index (χ1) is 12.7. The molecule has 4 rings (SSSR count). The average Bonchev–Trinajstić information content (AvgIpc) is 2.84. The zero-order valence-corrected chi connectivity index (χ0v) is 16.1. The SMILES string of the molecule is O=C1c2c(c(O)c3cc(Cl)c(Cl)cc3c2O)C(=O)N1c1cc(Cl)cc(Cl)c1. The quantitative estimate of drug-likeness (QED) is 0.376. The highest BCUT2D eigenvalue weighted by Crippen LogP contribution is 2.47. The van der Waals surface area contributed by atoms with E-state index < -0.39 is 23.3 Å². The Morgan fingerprint density at radius 3 is 1.48 bits per heavy atom. The first kappa shape index (κ1) is 18.2. The molecule has 27 heavy (non-hydrogen) atoms. The summed E-state index contributed by atoms with van der Waals surface area (Å²) in [6, 6.07) is 6.81. The topological polar surface area (TPSA) is 77.8 Å². The molecule has 3 aromatic rings. The molecule has 1 heterocycles. The Kier molecular flexibility index (Phi) is 4.16. The summed E-state index contributed by atoms with van der Waals surface area (Å²) >= 11 is 23.9. The minimum absolute atomic E-state index is 0.0905. The van der Waals surface area contributed by atoms with Gasteiger partial charge in [-0.2, -0.15) is 0 Å². The van der Waals surface area contributed by atoms with Gasteiger partial charge in [0.15, 0.2) is 0 Å². The highest BCUT2D eigenvalue weighted by atomic mass is 35.5. The highest BCUT2D eigenvalue weighted by Gasteiger charge is 2.42. The molecule has 1 aliphatic heterocycles. The molecule has 0 saturated carbocycles. The molecule has 0 fully saturated rings. The van der Waals surface area contributed by atoms with Crippen molar-refractivity contribution < 1.29 is 19.8 Å². The van der Waals surface area contributed by atoms with E-state index in [0.29, 0.717) is 0 Å². The van der Waals surface area contributed by atoms with Gasteiger partial charge in [0.25, 0.3) is 11.8 Å². The van der Waals surface area contributed by atoms with Crippen molar-refractivity contribution >= 4 is 74.7 Å². The van der Waals surface area contributed by atoms with Gasteiger partial charge in [0, 0.05) is 20.8 Å². The van der Waals surface area contributed by atoms with Gasteiger partial charge in [-0.05, 0) is 30.3 Å². The third-order valence-electron chi connectivity index (χ3n) is 4.23. The second-order valence-corrected chi connectivity index (χ2v) is 7.52. The predicted molar refractivity (Wildman–Crippen MR) is 105 cm³/mol. The molecule has 9 heteroatoms. The lowest BCUT2D eigenvalue weighted by Crippen LogP contribution is -2.29. The first-order valence-electron chi connectivity index (χ1n) is 7.42. The lowest BCUT2D eigenvalue weighted by Gasteiger charge is -2.14. The van der Waals surface area contributed by atoms with E-state index in [0.717, 1.165) is 4.90 Å². The van der Waals surface area contributed by atoms with Crippen molar-refractivity contribution in [1.82, 2.24) is 0 Å². The minimum Gasteiger partial charge on any atom is -0.506 e. The van der Waals surface area contributed by atoms with Crippen molar-refractivity contribution in [1.29, 1.82) is 0 Å². The van der Waals surface area contributed by atoms with Gasteiger partial charge in [0.2, 0.25) is 0 Å². The van der Waals surface area contributed by atoms with Crippen molar-refractivity contribution in [2.24, 2.45) is 0 Å². The van der Waals surface area contributed by atoms with E-state index in [4.69, 9.17) is 46.4 Å². The Hall–Kier alpha value is -2.18. The number of amides is 2. The lowest BCUT2D eigenvalue weighted by atomic mass is 9.99. The number of phenolic OH excluding ortho intramolecular Hbond substituents is 2. The van der Waals surface area contributed by atoms with Gasteiger partial charge in [-0.1, -0.05) is 46.4 Å². The van der Waals surface area contributed by atoms with Crippen LogP contribution in [0.1, 0.15) is 20.7 Å². The number of hydrogen-bond acceptors (Lipinski definition) is 4. The maximum Gasteiger partial charge on any atom is 0.270 e. The van der Waals surface area contributed by atoms with Crippen LogP contribution in [0.4, 0.5) is 5.69 Å². The van der Waals surface area contributed by atoms with E-state index in [9.17, 15) is 19.8 Å². The molecule has 0 spiro atoms. The summed E-state index contributed by atoms with van der Waals surface area (Å²) in [5.41, 5.74) is -0.559. The molecule has 0 radical (unpaired) electrons. The summed E-state index contributed by atoms with van der Waals surface area (Å²) in [7, 11) is 0. The van der Waals surface area contributed by atoms with Crippen molar-refractivity contribution in [2.75, 3.05) is 4.90 Å². The fourth-order valence-corrected chi connectivity index (χ4v) is 3.92. The Balaban J connectivity index is 2.02. The molecule has 0 atom stereocenters. The molecule has 5 nitrogen and oxygen atoms in total. The third kappa shape index (κ3) is 2.62. The number of aromatic hydroxyl groups is 2. The number of hydrogen-bond donors (Lipinski definition) is 2. The van der Waals surface area contributed by atoms with Gasteiger partial charge in [-0.25, -0.2) is 4.90 Å². The largest absolute Gasteiger partial charge is 0.506 e.